The molecule has 0 aliphatic carbocycles. The normalized spacial score (nSPS) is 14.9. The standard InChI is InChI=1S/C20H25N3O3S/c1-14-6-4-5-7-17(14)23-10-8-22(9-11-23)13-18(24)21-19-16(20(25)26-3)12-15(2)27-19/h4-7,12H,8-11,13H2,1-3H3,(H,21,24). The van der Waals surface area contributed by atoms with E-state index in [-0.39, 0.29) is 5.91 Å². The highest BCUT2D eigenvalue weighted by Crippen LogP contribution is 2.28. The van der Waals surface area contributed by atoms with E-state index in [4.69, 9.17) is 4.74 Å². The summed E-state index contributed by atoms with van der Waals surface area (Å²) in [6.07, 6.45) is 0. The van der Waals surface area contributed by atoms with E-state index in [0.717, 1.165) is 31.1 Å². The number of benzene rings is 1. The second-order valence-electron chi connectivity index (χ2n) is 6.69. The van der Waals surface area contributed by atoms with Gasteiger partial charge in [0.1, 0.15) is 5.00 Å². The molecule has 1 aromatic carbocycles. The molecule has 0 radical (unpaired) electrons. The molecule has 1 N–H and O–H groups in total. The molecule has 1 aliphatic rings. The van der Waals surface area contributed by atoms with E-state index in [1.165, 1.54) is 29.7 Å². The van der Waals surface area contributed by atoms with Crippen LogP contribution in [-0.4, -0.2) is 56.6 Å². The highest BCUT2D eigenvalue weighted by Gasteiger charge is 2.22. The fraction of sp³-hybridized carbons (Fsp3) is 0.400. The number of carbonyl (C=O) groups excluding carboxylic acids is 2. The van der Waals surface area contributed by atoms with E-state index in [1.54, 1.807) is 6.07 Å². The van der Waals surface area contributed by atoms with Crippen molar-refractivity contribution in [3.63, 3.8) is 0 Å². The lowest BCUT2D eigenvalue weighted by Gasteiger charge is -2.36. The van der Waals surface area contributed by atoms with E-state index < -0.39 is 5.97 Å². The van der Waals surface area contributed by atoms with Crippen molar-refractivity contribution in [3.8, 4) is 0 Å². The summed E-state index contributed by atoms with van der Waals surface area (Å²) >= 11 is 1.39. The highest BCUT2D eigenvalue weighted by molar-refractivity contribution is 7.16. The number of ether oxygens (including phenoxy) is 1. The van der Waals surface area contributed by atoms with Crippen molar-refractivity contribution in [2.24, 2.45) is 0 Å². The van der Waals surface area contributed by atoms with Crippen molar-refractivity contribution in [2.75, 3.05) is 50.1 Å². The van der Waals surface area contributed by atoms with Crippen LogP contribution in [0.3, 0.4) is 0 Å². The Morgan fingerprint density at radius 3 is 2.52 bits per heavy atom. The monoisotopic (exact) mass is 387 g/mol. The molecular weight excluding hydrogens is 362 g/mol. The Hall–Kier alpha value is -2.38. The zero-order valence-electron chi connectivity index (χ0n) is 15.9. The molecule has 1 saturated heterocycles. The Labute approximate surface area is 163 Å². The Morgan fingerprint density at radius 1 is 1.15 bits per heavy atom. The van der Waals surface area contributed by atoms with E-state index in [1.807, 2.05) is 13.0 Å². The first-order chi connectivity index (χ1) is 13.0. The van der Waals surface area contributed by atoms with Crippen LogP contribution in [0.25, 0.3) is 0 Å². The van der Waals surface area contributed by atoms with Gasteiger partial charge in [-0.05, 0) is 31.5 Å². The first-order valence-electron chi connectivity index (χ1n) is 8.99. The fourth-order valence-electron chi connectivity index (χ4n) is 3.30. The molecule has 0 saturated carbocycles. The first-order valence-corrected chi connectivity index (χ1v) is 9.81. The predicted molar refractivity (Wildman–Crippen MR) is 109 cm³/mol. The predicted octanol–water partition coefficient (Wildman–Crippen LogP) is 2.91. The average Bonchev–Trinajstić information content (AvgIpc) is 3.02. The van der Waals surface area contributed by atoms with Crippen molar-refractivity contribution in [1.82, 2.24) is 4.90 Å². The number of carbonyl (C=O) groups is 2. The maximum absolute atomic E-state index is 12.4. The number of methoxy groups -OCH3 is 1. The van der Waals surface area contributed by atoms with Crippen molar-refractivity contribution >= 4 is 33.9 Å². The van der Waals surface area contributed by atoms with Gasteiger partial charge in [-0.15, -0.1) is 11.3 Å². The third kappa shape index (κ3) is 4.67. The number of piperazine rings is 1. The van der Waals surface area contributed by atoms with Gasteiger partial charge in [0.05, 0.1) is 19.2 Å². The summed E-state index contributed by atoms with van der Waals surface area (Å²) in [5.74, 6) is -0.534. The summed E-state index contributed by atoms with van der Waals surface area (Å²) in [5, 5.41) is 3.43. The molecule has 144 valence electrons. The zero-order valence-corrected chi connectivity index (χ0v) is 16.8. The minimum absolute atomic E-state index is 0.105. The minimum Gasteiger partial charge on any atom is -0.465 e. The number of anilines is 2. The van der Waals surface area contributed by atoms with E-state index in [2.05, 4.69) is 40.2 Å². The molecule has 27 heavy (non-hydrogen) atoms. The number of hydrogen-bond acceptors (Lipinski definition) is 6. The second kappa shape index (κ2) is 8.54. The molecule has 0 atom stereocenters. The van der Waals surface area contributed by atoms with Crippen molar-refractivity contribution in [2.45, 2.75) is 13.8 Å². The van der Waals surface area contributed by atoms with Crippen LogP contribution in [0.15, 0.2) is 30.3 Å². The molecule has 7 heteroatoms. The molecular formula is C20H25N3O3S. The number of nitrogens with one attached hydrogen (secondary N) is 1. The number of rotatable bonds is 5. The number of esters is 1. The molecule has 2 heterocycles. The van der Waals surface area contributed by atoms with E-state index in [0.29, 0.717) is 17.1 Å². The quantitative estimate of drug-likeness (QED) is 0.800. The Balaban J connectivity index is 1.55. The van der Waals surface area contributed by atoms with Gasteiger partial charge in [0.25, 0.3) is 0 Å². The number of nitrogens with zero attached hydrogens (tertiary/aromatic N) is 2. The molecule has 1 amide bonds. The summed E-state index contributed by atoms with van der Waals surface area (Å²) in [6.45, 7) is 7.78. The molecule has 6 nitrogen and oxygen atoms in total. The summed E-state index contributed by atoms with van der Waals surface area (Å²) < 4.78 is 4.79. The Bertz CT molecular complexity index is 826. The topological polar surface area (TPSA) is 61.9 Å². The average molecular weight is 388 g/mol. The molecule has 1 aliphatic heterocycles. The third-order valence-corrected chi connectivity index (χ3v) is 5.68. The van der Waals surface area contributed by atoms with Crippen LogP contribution in [0.2, 0.25) is 0 Å². The van der Waals surface area contributed by atoms with Gasteiger partial charge in [0.2, 0.25) is 5.91 Å². The largest absolute Gasteiger partial charge is 0.465 e. The van der Waals surface area contributed by atoms with Crippen molar-refractivity contribution in [1.29, 1.82) is 0 Å². The van der Waals surface area contributed by atoms with Crippen LogP contribution in [0.4, 0.5) is 10.7 Å². The van der Waals surface area contributed by atoms with Gasteiger partial charge < -0.3 is 15.0 Å². The molecule has 3 rings (SSSR count). The van der Waals surface area contributed by atoms with Crippen LogP contribution in [0.5, 0.6) is 0 Å². The van der Waals surface area contributed by atoms with Gasteiger partial charge in [-0.3, -0.25) is 9.69 Å². The van der Waals surface area contributed by atoms with Crippen LogP contribution in [0.1, 0.15) is 20.8 Å². The smallest absolute Gasteiger partial charge is 0.340 e. The lowest BCUT2D eigenvalue weighted by atomic mass is 10.1. The van der Waals surface area contributed by atoms with Gasteiger partial charge in [-0.2, -0.15) is 0 Å². The SMILES string of the molecule is COC(=O)c1cc(C)sc1NC(=O)CN1CCN(c2ccccc2C)CC1. The van der Waals surface area contributed by atoms with Gasteiger partial charge in [-0.25, -0.2) is 4.79 Å². The highest BCUT2D eigenvalue weighted by atomic mass is 32.1. The number of aryl methyl sites for hydroxylation is 2. The van der Waals surface area contributed by atoms with Crippen molar-refractivity contribution < 1.29 is 14.3 Å². The van der Waals surface area contributed by atoms with Gasteiger partial charge >= 0.3 is 5.97 Å². The molecule has 0 spiro atoms. The van der Waals surface area contributed by atoms with Gasteiger partial charge in [-0.1, -0.05) is 18.2 Å². The first kappa shape index (κ1) is 19.4. The molecule has 1 aromatic heterocycles. The van der Waals surface area contributed by atoms with Gasteiger partial charge in [0, 0.05) is 36.7 Å². The summed E-state index contributed by atoms with van der Waals surface area (Å²) in [6, 6.07) is 10.1. The summed E-state index contributed by atoms with van der Waals surface area (Å²) in [7, 11) is 1.34. The third-order valence-electron chi connectivity index (χ3n) is 4.71. The van der Waals surface area contributed by atoms with Crippen LogP contribution < -0.4 is 10.2 Å². The molecule has 2 aromatic rings. The lowest BCUT2D eigenvalue weighted by molar-refractivity contribution is -0.117. The number of thiophene rings is 1. The Morgan fingerprint density at radius 2 is 1.85 bits per heavy atom. The number of hydrogen-bond donors (Lipinski definition) is 1. The van der Waals surface area contributed by atoms with Gasteiger partial charge in [0.15, 0.2) is 0 Å². The lowest BCUT2D eigenvalue weighted by Crippen LogP contribution is -2.48. The molecule has 1 fully saturated rings. The van der Waals surface area contributed by atoms with Crippen LogP contribution in [0, 0.1) is 13.8 Å². The Kier molecular flexibility index (Phi) is 6.13. The summed E-state index contributed by atoms with van der Waals surface area (Å²) in [5.41, 5.74) is 2.95. The van der Waals surface area contributed by atoms with Crippen molar-refractivity contribution in [3.05, 3.63) is 46.3 Å². The summed E-state index contributed by atoms with van der Waals surface area (Å²) in [4.78, 5) is 29.7. The zero-order chi connectivity index (χ0) is 19.4. The van der Waals surface area contributed by atoms with E-state index >= 15 is 0 Å². The van der Waals surface area contributed by atoms with Crippen LogP contribution in [-0.2, 0) is 9.53 Å². The minimum atomic E-state index is -0.429. The number of amides is 1. The maximum atomic E-state index is 12.4. The van der Waals surface area contributed by atoms with Crippen LogP contribution >= 0.6 is 11.3 Å². The number of para-hydroxylation sites is 1. The molecule has 0 bridgehead atoms. The van der Waals surface area contributed by atoms with E-state index in [9.17, 15) is 9.59 Å². The maximum Gasteiger partial charge on any atom is 0.340 e. The fourth-order valence-corrected chi connectivity index (χ4v) is 4.22. The molecule has 0 unspecified atom stereocenters. The second-order valence-corrected chi connectivity index (χ2v) is 7.95.